The number of amides is 2. The van der Waals surface area contributed by atoms with E-state index in [-0.39, 0.29) is 18.4 Å². The molecule has 0 spiro atoms. The van der Waals surface area contributed by atoms with Gasteiger partial charge in [-0.1, -0.05) is 19.9 Å². The Hall–Kier alpha value is -2.34. The van der Waals surface area contributed by atoms with E-state index < -0.39 is 0 Å². The van der Waals surface area contributed by atoms with E-state index in [2.05, 4.69) is 35.1 Å². The first-order valence-corrected chi connectivity index (χ1v) is 10.8. The summed E-state index contributed by atoms with van der Waals surface area (Å²) in [5.41, 5.74) is 2.46. The molecule has 29 heavy (non-hydrogen) atoms. The Morgan fingerprint density at radius 2 is 1.72 bits per heavy atom. The number of carbonyl (C=O) groups excluding carboxylic acids is 2. The van der Waals surface area contributed by atoms with Crippen LogP contribution >= 0.6 is 15.9 Å². The number of hydrogen-bond acceptors (Lipinski definition) is 3. The maximum absolute atomic E-state index is 12.3. The van der Waals surface area contributed by atoms with Crippen LogP contribution in [0.2, 0.25) is 0 Å². The molecule has 6 heteroatoms. The van der Waals surface area contributed by atoms with Crippen molar-refractivity contribution in [2.75, 3.05) is 25.0 Å². The van der Waals surface area contributed by atoms with Crippen molar-refractivity contribution in [2.24, 2.45) is 0 Å². The van der Waals surface area contributed by atoms with Crippen molar-refractivity contribution in [3.63, 3.8) is 0 Å². The van der Waals surface area contributed by atoms with Crippen LogP contribution in [0, 0.1) is 0 Å². The van der Waals surface area contributed by atoms with Crippen LogP contribution in [0.5, 0.6) is 5.75 Å². The molecule has 0 aliphatic rings. The van der Waals surface area contributed by atoms with Crippen LogP contribution in [0.4, 0.5) is 5.69 Å². The number of rotatable bonds is 9. The number of halogens is 1. The SMILES string of the molecule is CCC(C)c1ccc(OCC(=O)Nc2ccc(C(=O)N(CC)CC)cc2)c(Br)c1. The van der Waals surface area contributed by atoms with Gasteiger partial charge < -0.3 is 15.0 Å². The van der Waals surface area contributed by atoms with Crippen LogP contribution in [-0.4, -0.2) is 36.4 Å². The van der Waals surface area contributed by atoms with E-state index in [1.165, 1.54) is 5.56 Å². The fraction of sp³-hybridized carbons (Fsp3) is 0.391. The second-order valence-electron chi connectivity index (χ2n) is 6.89. The highest BCUT2D eigenvalue weighted by Crippen LogP contribution is 2.30. The van der Waals surface area contributed by atoms with Crippen LogP contribution < -0.4 is 10.1 Å². The quantitative estimate of drug-likeness (QED) is 0.540. The summed E-state index contributed by atoms with van der Waals surface area (Å²) in [4.78, 5) is 26.3. The fourth-order valence-electron chi connectivity index (χ4n) is 2.91. The summed E-state index contributed by atoms with van der Waals surface area (Å²) in [5, 5.41) is 2.79. The third-order valence-electron chi connectivity index (χ3n) is 4.96. The number of ether oxygens (including phenoxy) is 1. The molecule has 1 N–H and O–H groups in total. The van der Waals surface area contributed by atoms with Crippen LogP contribution in [0.15, 0.2) is 46.9 Å². The number of carbonyl (C=O) groups is 2. The monoisotopic (exact) mass is 460 g/mol. The lowest BCUT2D eigenvalue weighted by atomic mass is 9.99. The average Bonchev–Trinajstić information content (AvgIpc) is 2.73. The molecule has 0 bridgehead atoms. The summed E-state index contributed by atoms with van der Waals surface area (Å²) < 4.78 is 6.48. The number of anilines is 1. The molecule has 0 aliphatic heterocycles. The van der Waals surface area contributed by atoms with Gasteiger partial charge in [0.2, 0.25) is 0 Å². The van der Waals surface area contributed by atoms with Crippen LogP contribution in [0.25, 0.3) is 0 Å². The molecule has 0 saturated heterocycles. The molecule has 156 valence electrons. The molecule has 2 amide bonds. The van der Waals surface area contributed by atoms with Crippen molar-refractivity contribution in [1.82, 2.24) is 4.90 Å². The van der Waals surface area contributed by atoms with Gasteiger partial charge in [0, 0.05) is 24.3 Å². The van der Waals surface area contributed by atoms with Crippen LogP contribution in [0.3, 0.4) is 0 Å². The molecule has 0 aromatic heterocycles. The zero-order chi connectivity index (χ0) is 21.4. The smallest absolute Gasteiger partial charge is 0.262 e. The zero-order valence-corrected chi connectivity index (χ0v) is 19.1. The minimum atomic E-state index is -0.259. The number of hydrogen-bond donors (Lipinski definition) is 1. The lowest BCUT2D eigenvalue weighted by Gasteiger charge is -2.18. The van der Waals surface area contributed by atoms with Gasteiger partial charge >= 0.3 is 0 Å². The number of nitrogens with zero attached hydrogens (tertiary/aromatic N) is 1. The van der Waals surface area contributed by atoms with Crippen molar-refractivity contribution < 1.29 is 14.3 Å². The molecule has 1 atom stereocenters. The minimum Gasteiger partial charge on any atom is -0.483 e. The van der Waals surface area contributed by atoms with E-state index in [0.29, 0.717) is 36.0 Å². The van der Waals surface area contributed by atoms with Crippen LogP contribution in [0.1, 0.15) is 56.0 Å². The van der Waals surface area contributed by atoms with Crippen molar-refractivity contribution in [1.29, 1.82) is 0 Å². The molecule has 1 unspecified atom stereocenters. The zero-order valence-electron chi connectivity index (χ0n) is 17.5. The van der Waals surface area contributed by atoms with E-state index in [1.54, 1.807) is 29.2 Å². The molecular formula is C23H29BrN2O3. The van der Waals surface area contributed by atoms with Crippen LogP contribution in [-0.2, 0) is 4.79 Å². The molecular weight excluding hydrogens is 432 g/mol. The largest absolute Gasteiger partial charge is 0.483 e. The second-order valence-corrected chi connectivity index (χ2v) is 7.75. The Labute approximate surface area is 181 Å². The molecule has 0 radical (unpaired) electrons. The van der Waals surface area contributed by atoms with Gasteiger partial charge in [0.1, 0.15) is 5.75 Å². The summed E-state index contributed by atoms with van der Waals surface area (Å²) in [5.74, 6) is 0.834. The molecule has 0 heterocycles. The lowest BCUT2D eigenvalue weighted by molar-refractivity contribution is -0.118. The molecule has 0 aliphatic carbocycles. The molecule has 0 saturated carbocycles. The highest BCUT2D eigenvalue weighted by molar-refractivity contribution is 9.10. The van der Waals surface area contributed by atoms with E-state index in [0.717, 1.165) is 10.9 Å². The van der Waals surface area contributed by atoms with Gasteiger partial charge in [0.25, 0.3) is 11.8 Å². The van der Waals surface area contributed by atoms with Gasteiger partial charge in [-0.05, 0) is 84.1 Å². The van der Waals surface area contributed by atoms with Crippen molar-refractivity contribution in [2.45, 2.75) is 40.0 Å². The van der Waals surface area contributed by atoms with E-state index in [4.69, 9.17) is 4.74 Å². The molecule has 0 fully saturated rings. The first kappa shape index (κ1) is 22.9. The first-order chi connectivity index (χ1) is 13.9. The number of nitrogens with one attached hydrogen (secondary N) is 1. The topological polar surface area (TPSA) is 58.6 Å². The predicted molar refractivity (Wildman–Crippen MR) is 121 cm³/mol. The van der Waals surface area contributed by atoms with Gasteiger partial charge in [0.05, 0.1) is 4.47 Å². The summed E-state index contributed by atoms with van der Waals surface area (Å²) in [6, 6.07) is 12.8. The van der Waals surface area contributed by atoms with E-state index >= 15 is 0 Å². The summed E-state index contributed by atoms with van der Waals surface area (Å²) in [7, 11) is 0. The highest BCUT2D eigenvalue weighted by Gasteiger charge is 2.13. The second kappa shape index (κ2) is 11.0. The first-order valence-electron chi connectivity index (χ1n) is 10.0. The maximum atomic E-state index is 12.3. The highest BCUT2D eigenvalue weighted by atomic mass is 79.9. The van der Waals surface area contributed by atoms with Gasteiger partial charge in [-0.15, -0.1) is 0 Å². The van der Waals surface area contributed by atoms with Crippen molar-refractivity contribution in [3.05, 3.63) is 58.1 Å². The Bertz CT molecular complexity index is 833. The Kier molecular flexibility index (Phi) is 8.70. The third-order valence-corrected chi connectivity index (χ3v) is 5.58. The van der Waals surface area contributed by atoms with Gasteiger partial charge in [-0.25, -0.2) is 0 Å². The normalized spacial score (nSPS) is 11.6. The van der Waals surface area contributed by atoms with Gasteiger partial charge in [-0.3, -0.25) is 9.59 Å². The van der Waals surface area contributed by atoms with E-state index in [9.17, 15) is 9.59 Å². The summed E-state index contributed by atoms with van der Waals surface area (Å²) >= 11 is 3.51. The summed E-state index contributed by atoms with van der Waals surface area (Å²) in [6.07, 6.45) is 1.06. The van der Waals surface area contributed by atoms with Crippen molar-refractivity contribution >= 4 is 33.4 Å². The minimum absolute atomic E-state index is 0.0121. The molecule has 2 aromatic carbocycles. The Morgan fingerprint density at radius 1 is 1.07 bits per heavy atom. The molecule has 2 aromatic rings. The Morgan fingerprint density at radius 3 is 2.28 bits per heavy atom. The van der Waals surface area contributed by atoms with Gasteiger partial charge in [0.15, 0.2) is 6.61 Å². The third kappa shape index (κ3) is 6.32. The summed E-state index contributed by atoms with van der Waals surface area (Å²) in [6.45, 7) is 9.47. The van der Waals surface area contributed by atoms with Gasteiger partial charge in [-0.2, -0.15) is 0 Å². The predicted octanol–water partition coefficient (Wildman–Crippen LogP) is 5.46. The van der Waals surface area contributed by atoms with Crippen molar-refractivity contribution in [3.8, 4) is 5.75 Å². The fourth-order valence-corrected chi connectivity index (χ4v) is 3.42. The molecule has 2 rings (SSSR count). The number of benzene rings is 2. The van der Waals surface area contributed by atoms with E-state index in [1.807, 2.05) is 32.0 Å². The lowest BCUT2D eigenvalue weighted by Crippen LogP contribution is -2.30. The maximum Gasteiger partial charge on any atom is 0.262 e. The standard InChI is InChI=1S/C23H29BrN2O3/c1-5-16(4)18-10-13-21(20(24)14-18)29-15-22(27)25-19-11-8-17(9-12-19)23(28)26(6-2)7-3/h8-14,16H,5-7,15H2,1-4H3,(H,25,27). The average molecular weight is 461 g/mol. The Balaban J connectivity index is 1.92. The molecule has 5 nitrogen and oxygen atoms in total.